The van der Waals surface area contributed by atoms with E-state index < -0.39 is 61.0 Å². The number of ether oxygens (including phenoxy) is 3. The summed E-state index contributed by atoms with van der Waals surface area (Å²) in [4.78, 5) is 69.7. The van der Waals surface area contributed by atoms with Gasteiger partial charge in [0.25, 0.3) is 0 Å². The molecule has 1 fully saturated rings. The summed E-state index contributed by atoms with van der Waals surface area (Å²) in [5, 5.41) is 0. The predicted octanol–water partition coefficient (Wildman–Crippen LogP) is 7.48. The lowest BCUT2D eigenvalue weighted by atomic mass is 9.86. The highest BCUT2D eigenvalue weighted by atomic mass is 31.2. The molecular weight excluding hydrogens is 735 g/mol. The first-order valence-corrected chi connectivity index (χ1v) is 22.2. The molecule has 2 rings (SSSR count). The number of amides is 2. The van der Waals surface area contributed by atoms with Crippen molar-refractivity contribution < 1.29 is 47.4 Å². The van der Waals surface area contributed by atoms with Gasteiger partial charge in [0.2, 0.25) is 11.8 Å². The van der Waals surface area contributed by atoms with E-state index in [1.54, 1.807) is 51.7 Å². The third-order valence-electron chi connectivity index (χ3n) is 11.3. The molecule has 1 heterocycles. The minimum absolute atomic E-state index is 0.00125. The zero-order chi connectivity index (χ0) is 42.4. The van der Waals surface area contributed by atoms with Gasteiger partial charge in [-0.05, 0) is 63.9 Å². The average Bonchev–Trinajstić information content (AvgIpc) is 3.62. The molecule has 12 nitrogen and oxygen atoms in total. The van der Waals surface area contributed by atoms with E-state index in [0.29, 0.717) is 19.4 Å². The second kappa shape index (κ2) is 23.1. The summed E-state index contributed by atoms with van der Waals surface area (Å²) >= 11 is 0. The number of ketones is 1. The molecule has 0 saturated carbocycles. The molecule has 9 atom stereocenters. The number of carbonyl (C=O) groups is 4. The smallest absolute Gasteiger partial charge is 0.331 e. The molecule has 1 saturated heterocycles. The maximum Gasteiger partial charge on any atom is 0.331 e. The number of methoxy groups -OCH3 is 2. The van der Waals surface area contributed by atoms with Crippen LogP contribution >= 0.6 is 7.60 Å². The second-order valence-electron chi connectivity index (χ2n) is 17.0. The molecule has 320 valence electrons. The summed E-state index contributed by atoms with van der Waals surface area (Å²) in [6, 6.07) is 8.45. The number of hydrogen-bond donors (Lipinski definition) is 1. The van der Waals surface area contributed by atoms with E-state index in [9.17, 15) is 28.6 Å². The number of benzene rings is 1. The van der Waals surface area contributed by atoms with Crippen molar-refractivity contribution in [3.05, 3.63) is 35.9 Å². The van der Waals surface area contributed by atoms with Crippen LogP contribution in [0.1, 0.15) is 119 Å². The van der Waals surface area contributed by atoms with Gasteiger partial charge < -0.3 is 33.4 Å². The molecule has 0 aromatic heterocycles. The van der Waals surface area contributed by atoms with Gasteiger partial charge in [-0.3, -0.25) is 23.7 Å². The number of esters is 1. The lowest BCUT2D eigenvalue weighted by Crippen LogP contribution is -2.54. The summed E-state index contributed by atoms with van der Waals surface area (Å²) < 4.78 is 36.6. The molecule has 56 heavy (non-hydrogen) atoms. The van der Waals surface area contributed by atoms with Gasteiger partial charge in [0.1, 0.15) is 11.4 Å². The highest BCUT2D eigenvalue weighted by Crippen LogP contribution is 2.51. The maximum atomic E-state index is 14.3. The standard InChI is InChI=1S/C43H73N2O10P/c1-13-15-24-54-56(50,51)33(25-32-20-17-16-18-21-32)26-36(46)31(6)41(53-12)35-22-19-23-45(35)38(47)28-37(52-11)40(30(5)14-2)44(10)42(49)34(29(3)4)27-39(48)55-43(7,8)9/h16-18,20-21,29-31,33-35,37,40-41H,13-15,19,22-28H2,1-12H3,(H,50,51)/t30-,31-,33+,34-,35-,37+,40-,41+/m0/s1. The summed E-state index contributed by atoms with van der Waals surface area (Å²) in [6.45, 7) is 17.6. The third-order valence-corrected chi connectivity index (χ3v) is 13.1. The molecule has 0 spiro atoms. The van der Waals surface area contributed by atoms with Gasteiger partial charge in [0.05, 0.1) is 55.3 Å². The minimum Gasteiger partial charge on any atom is -0.460 e. The van der Waals surface area contributed by atoms with Gasteiger partial charge in [-0.1, -0.05) is 84.7 Å². The number of carbonyl (C=O) groups excluding carboxylic acids is 4. The SMILES string of the molecule is CCCCOP(=O)(O)[C@@H](CC(=O)[C@H](C)[C@@H](OC)[C@@H]1CCCN1C(=O)C[C@@H](OC)[C@H]([C@@H](C)CC)N(C)C(=O)[C@@H](CC(=O)OC(C)(C)C)C(C)C)Cc1ccccc1. The lowest BCUT2D eigenvalue weighted by molar-refractivity contribution is -0.160. The first kappa shape index (κ1) is 49.5. The Balaban J connectivity index is 2.30. The first-order chi connectivity index (χ1) is 26.2. The van der Waals surface area contributed by atoms with Crippen molar-refractivity contribution in [2.75, 3.05) is 34.4 Å². The largest absolute Gasteiger partial charge is 0.460 e. The quantitative estimate of drug-likeness (QED) is 0.0633. The molecule has 2 amide bonds. The van der Waals surface area contributed by atoms with Crippen LogP contribution in [0, 0.1) is 23.7 Å². The fraction of sp³-hybridized carbons (Fsp3) is 0.767. The van der Waals surface area contributed by atoms with E-state index in [4.69, 9.17) is 18.7 Å². The normalized spacial score (nSPS) is 19.7. The Bertz CT molecular complexity index is 1430. The molecule has 1 aliphatic heterocycles. The Labute approximate surface area is 337 Å². The van der Waals surface area contributed by atoms with Crippen LogP contribution in [-0.4, -0.2) is 108 Å². The van der Waals surface area contributed by atoms with Gasteiger partial charge in [0.15, 0.2) is 0 Å². The molecule has 1 aliphatic rings. The summed E-state index contributed by atoms with van der Waals surface area (Å²) in [7, 11) is 0.638. The fourth-order valence-electron chi connectivity index (χ4n) is 7.82. The number of likely N-dealkylation sites (N-methyl/N-ethyl adjacent to an activating group) is 1. The zero-order valence-electron chi connectivity index (χ0n) is 36.3. The van der Waals surface area contributed by atoms with Gasteiger partial charge >= 0.3 is 13.6 Å². The van der Waals surface area contributed by atoms with Gasteiger partial charge in [0, 0.05) is 40.2 Å². The van der Waals surface area contributed by atoms with E-state index in [1.807, 2.05) is 65.0 Å². The van der Waals surface area contributed by atoms with Crippen LogP contribution in [0.3, 0.4) is 0 Å². The van der Waals surface area contributed by atoms with Crippen LogP contribution in [0.25, 0.3) is 0 Å². The number of hydrogen-bond acceptors (Lipinski definition) is 9. The monoisotopic (exact) mass is 809 g/mol. The number of nitrogens with zero attached hydrogens (tertiary/aromatic N) is 2. The van der Waals surface area contributed by atoms with Crippen LogP contribution in [0.15, 0.2) is 30.3 Å². The molecule has 1 unspecified atom stereocenters. The van der Waals surface area contributed by atoms with Crippen LogP contribution in [0.4, 0.5) is 0 Å². The van der Waals surface area contributed by atoms with Crippen LogP contribution in [0.2, 0.25) is 0 Å². The molecule has 0 bridgehead atoms. The van der Waals surface area contributed by atoms with Crippen LogP contribution < -0.4 is 0 Å². The Morgan fingerprint density at radius 2 is 1.62 bits per heavy atom. The van der Waals surface area contributed by atoms with Crippen molar-refractivity contribution in [2.45, 2.75) is 156 Å². The molecule has 0 radical (unpaired) electrons. The number of rotatable bonds is 24. The van der Waals surface area contributed by atoms with E-state index in [1.165, 1.54) is 7.11 Å². The molecule has 1 aromatic carbocycles. The topological polar surface area (TPSA) is 149 Å². The van der Waals surface area contributed by atoms with Crippen molar-refractivity contribution in [3.8, 4) is 0 Å². The van der Waals surface area contributed by atoms with E-state index in [-0.39, 0.29) is 61.7 Å². The van der Waals surface area contributed by atoms with E-state index >= 15 is 0 Å². The van der Waals surface area contributed by atoms with Crippen molar-refractivity contribution in [2.24, 2.45) is 23.7 Å². The predicted molar refractivity (Wildman–Crippen MR) is 219 cm³/mol. The van der Waals surface area contributed by atoms with E-state index in [0.717, 1.165) is 24.8 Å². The van der Waals surface area contributed by atoms with Crippen molar-refractivity contribution >= 4 is 31.2 Å². The molecule has 1 aromatic rings. The maximum absolute atomic E-state index is 14.3. The third kappa shape index (κ3) is 14.6. The minimum atomic E-state index is -4.16. The van der Waals surface area contributed by atoms with Crippen molar-refractivity contribution in [1.82, 2.24) is 9.80 Å². The Morgan fingerprint density at radius 1 is 0.982 bits per heavy atom. The first-order valence-electron chi connectivity index (χ1n) is 20.6. The Hall–Kier alpha value is -2.63. The van der Waals surface area contributed by atoms with Crippen molar-refractivity contribution in [3.63, 3.8) is 0 Å². The van der Waals surface area contributed by atoms with Crippen molar-refractivity contribution in [1.29, 1.82) is 0 Å². The molecule has 13 heteroatoms. The van der Waals surface area contributed by atoms with Gasteiger partial charge in [-0.2, -0.15) is 0 Å². The lowest BCUT2D eigenvalue weighted by Gasteiger charge is -2.40. The second-order valence-corrected chi connectivity index (χ2v) is 19.1. The number of unbranched alkanes of at least 4 members (excludes halogenated alkanes) is 1. The number of likely N-dealkylation sites (tertiary alicyclic amines) is 1. The Kier molecular flexibility index (Phi) is 20.4. The van der Waals surface area contributed by atoms with Crippen LogP contribution in [0.5, 0.6) is 0 Å². The summed E-state index contributed by atoms with van der Waals surface area (Å²) in [5.74, 6) is -2.51. The zero-order valence-corrected chi connectivity index (χ0v) is 37.2. The highest BCUT2D eigenvalue weighted by molar-refractivity contribution is 7.53. The summed E-state index contributed by atoms with van der Waals surface area (Å²) in [6.07, 6.45) is 2.18. The molecule has 1 N–H and O–H groups in total. The molecular formula is C43H73N2O10P. The highest BCUT2D eigenvalue weighted by Gasteiger charge is 2.44. The van der Waals surface area contributed by atoms with Gasteiger partial charge in [-0.25, -0.2) is 0 Å². The fourth-order valence-corrected chi connectivity index (χ4v) is 9.28. The number of Topliss-reactive ketones (excluding diaryl/α,β-unsaturated/α-hetero) is 1. The van der Waals surface area contributed by atoms with Crippen LogP contribution in [-0.2, 0) is 48.9 Å². The molecule has 0 aliphatic carbocycles. The van der Waals surface area contributed by atoms with E-state index in [2.05, 4.69) is 0 Å². The van der Waals surface area contributed by atoms with Gasteiger partial charge in [-0.15, -0.1) is 0 Å². The Morgan fingerprint density at radius 3 is 2.16 bits per heavy atom. The average molecular weight is 809 g/mol. The summed E-state index contributed by atoms with van der Waals surface area (Å²) in [5.41, 5.74) is -0.776.